The zero-order valence-corrected chi connectivity index (χ0v) is 9.34. The molecule has 72 valence electrons. The van der Waals surface area contributed by atoms with Gasteiger partial charge >= 0.3 is 0 Å². The molecule has 0 aromatic carbocycles. The van der Waals surface area contributed by atoms with E-state index in [9.17, 15) is 0 Å². The van der Waals surface area contributed by atoms with Crippen molar-refractivity contribution in [2.75, 3.05) is 0 Å². The zero-order chi connectivity index (χ0) is 9.26. The van der Waals surface area contributed by atoms with Gasteiger partial charge < -0.3 is 9.88 Å². The number of rotatable bonds is 3. The van der Waals surface area contributed by atoms with Crippen LogP contribution in [0.25, 0.3) is 0 Å². The van der Waals surface area contributed by atoms with Gasteiger partial charge in [-0.25, -0.2) is 4.98 Å². The molecular formula is C9H14BrN3. The topological polar surface area (TPSA) is 29.9 Å². The molecule has 1 aromatic rings. The smallest absolute Gasteiger partial charge is 0.177 e. The van der Waals surface area contributed by atoms with Crippen molar-refractivity contribution in [1.29, 1.82) is 0 Å². The minimum absolute atomic E-state index is 0.744. The van der Waals surface area contributed by atoms with Crippen LogP contribution in [-0.2, 0) is 13.6 Å². The van der Waals surface area contributed by atoms with Gasteiger partial charge in [-0.2, -0.15) is 0 Å². The largest absolute Gasteiger partial charge is 0.325 e. The first-order chi connectivity index (χ1) is 6.27. The molecular weight excluding hydrogens is 230 g/mol. The van der Waals surface area contributed by atoms with Crippen LogP contribution in [0.15, 0.2) is 10.9 Å². The number of aromatic nitrogens is 2. The third-order valence-electron chi connectivity index (χ3n) is 2.70. The van der Waals surface area contributed by atoms with E-state index in [4.69, 9.17) is 0 Å². The van der Waals surface area contributed by atoms with Gasteiger partial charge in [-0.15, -0.1) is 0 Å². The Kier molecular flexibility index (Phi) is 2.69. The van der Waals surface area contributed by atoms with Gasteiger partial charge in [0.25, 0.3) is 0 Å². The van der Waals surface area contributed by atoms with E-state index < -0.39 is 0 Å². The van der Waals surface area contributed by atoms with Crippen LogP contribution in [-0.4, -0.2) is 15.6 Å². The summed E-state index contributed by atoms with van der Waals surface area (Å²) < 4.78 is 2.96. The minimum Gasteiger partial charge on any atom is -0.325 e. The zero-order valence-electron chi connectivity index (χ0n) is 7.76. The first-order valence-corrected chi connectivity index (χ1v) is 5.46. The summed E-state index contributed by atoms with van der Waals surface area (Å²) >= 11 is 3.38. The van der Waals surface area contributed by atoms with E-state index in [-0.39, 0.29) is 0 Å². The van der Waals surface area contributed by atoms with Gasteiger partial charge in [-0.1, -0.05) is 6.42 Å². The summed E-state index contributed by atoms with van der Waals surface area (Å²) in [4.78, 5) is 4.18. The lowest BCUT2D eigenvalue weighted by Crippen LogP contribution is -2.34. The standard InChI is InChI=1S/C9H14BrN3/c1-13-8(6-12-9(13)10)5-11-7-3-2-4-7/h6-7,11H,2-5H2,1H3. The molecule has 1 N–H and O–H groups in total. The van der Waals surface area contributed by atoms with Crippen LogP contribution >= 0.6 is 15.9 Å². The maximum Gasteiger partial charge on any atom is 0.177 e. The predicted molar refractivity (Wildman–Crippen MR) is 55.4 cm³/mol. The summed E-state index contributed by atoms with van der Waals surface area (Å²) in [5.41, 5.74) is 1.23. The summed E-state index contributed by atoms with van der Waals surface area (Å²) in [5.74, 6) is 0. The van der Waals surface area contributed by atoms with Crippen molar-refractivity contribution in [3.8, 4) is 0 Å². The molecule has 1 fully saturated rings. The van der Waals surface area contributed by atoms with Crippen molar-refractivity contribution in [3.63, 3.8) is 0 Å². The fourth-order valence-electron chi connectivity index (χ4n) is 1.44. The van der Waals surface area contributed by atoms with Gasteiger partial charge in [0.2, 0.25) is 0 Å². The fraction of sp³-hybridized carbons (Fsp3) is 0.667. The number of nitrogens with one attached hydrogen (secondary N) is 1. The number of nitrogens with zero attached hydrogens (tertiary/aromatic N) is 2. The molecule has 0 amide bonds. The lowest BCUT2D eigenvalue weighted by Gasteiger charge is -2.26. The lowest BCUT2D eigenvalue weighted by atomic mass is 9.93. The SMILES string of the molecule is Cn1c(CNC2CCC2)cnc1Br. The highest BCUT2D eigenvalue weighted by Crippen LogP contribution is 2.18. The van der Waals surface area contributed by atoms with Crippen LogP contribution in [0, 0.1) is 0 Å². The van der Waals surface area contributed by atoms with Crippen molar-refractivity contribution in [3.05, 3.63) is 16.6 Å². The second kappa shape index (κ2) is 3.80. The van der Waals surface area contributed by atoms with Crippen LogP contribution in [0.4, 0.5) is 0 Å². The van der Waals surface area contributed by atoms with Gasteiger partial charge in [0, 0.05) is 19.6 Å². The highest BCUT2D eigenvalue weighted by molar-refractivity contribution is 9.10. The van der Waals surface area contributed by atoms with Crippen molar-refractivity contribution in [2.24, 2.45) is 7.05 Å². The number of hydrogen-bond donors (Lipinski definition) is 1. The van der Waals surface area contributed by atoms with Gasteiger partial charge in [0.1, 0.15) is 0 Å². The van der Waals surface area contributed by atoms with Gasteiger partial charge in [0.05, 0.1) is 11.9 Å². The molecule has 1 aromatic heterocycles. The van der Waals surface area contributed by atoms with Gasteiger partial charge in [-0.05, 0) is 28.8 Å². The van der Waals surface area contributed by atoms with E-state index in [0.29, 0.717) is 0 Å². The molecule has 0 unspecified atom stereocenters. The van der Waals surface area contributed by atoms with Crippen molar-refractivity contribution >= 4 is 15.9 Å². The maximum absolute atomic E-state index is 4.18. The Hall–Kier alpha value is -0.350. The molecule has 0 saturated heterocycles. The van der Waals surface area contributed by atoms with Crippen LogP contribution in [0.1, 0.15) is 25.0 Å². The van der Waals surface area contributed by atoms with Gasteiger partial charge in [0.15, 0.2) is 4.73 Å². The quantitative estimate of drug-likeness (QED) is 0.878. The number of hydrogen-bond acceptors (Lipinski definition) is 2. The third kappa shape index (κ3) is 1.94. The van der Waals surface area contributed by atoms with E-state index in [1.54, 1.807) is 0 Å². The number of halogens is 1. The van der Waals surface area contributed by atoms with Crippen LogP contribution in [0.2, 0.25) is 0 Å². The molecule has 1 aliphatic rings. The Bertz CT molecular complexity index is 291. The molecule has 1 heterocycles. The monoisotopic (exact) mass is 243 g/mol. The summed E-state index contributed by atoms with van der Waals surface area (Å²) in [7, 11) is 2.02. The van der Waals surface area contributed by atoms with Crippen molar-refractivity contribution < 1.29 is 0 Å². The van der Waals surface area contributed by atoms with E-state index in [1.165, 1.54) is 25.0 Å². The van der Waals surface area contributed by atoms with E-state index in [1.807, 2.05) is 13.2 Å². The molecule has 0 spiro atoms. The van der Waals surface area contributed by atoms with Crippen LogP contribution in [0.5, 0.6) is 0 Å². The molecule has 0 radical (unpaired) electrons. The van der Waals surface area contributed by atoms with Crippen LogP contribution in [0.3, 0.4) is 0 Å². The first-order valence-electron chi connectivity index (χ1n) is 4.67. The van der Waals surface area contributed by atoms with Crippen molar-refractivity contribution in [2.45, 2.75) is 31.8 Å². The molecule has 0 aliphatic heterocycles. The highest BCUT2D eigenvalue weighted by Gasteiger charge is 2.16. The Morgan fingerprint density at radius 3 is 2.92 bits per heavy atom. The predicted octanol–water partition coefficient (Wildman–Crippen LogP) is 1.82. The second-order valence-electron chi connectivity index (χ2n) is 3.59. The Labute approximate surface area is 86.7 Å². The molecule has 1 aliphatic carbocycles. The van der Waals surface area contributed by atoms with Gasteiger partial charge in [-0.3, -0.25) is 0 Å². The summed E-state index contributed by atoms with van der Waals surface area (Å²) in [6, 6.07) is 0.744. The molecule has 13 heavy (non-hydrogen) atoms. The third-order valence-corrected chi connectivity index (χ3v) is 3.44. The summed E-state index contributed by atoms with van der Waals surface area (Å²) in [6.45, 7) is 0.930. The Morgan fingerprint density at radius 1 is 1.69 bits per heavy atom. The average Bonchev–Trinajstić information content (AvgIpc) is 2.33. The molecule has 4 heteroatoms. The highest BCUT2D eigenvalue weighted by atomic mass is 79.9. The molecule has 0 bridgehead atoms. The van der Waals surface area contributed by atoms with E-state index >= 15 is 0 Å². The normalized spacial score (nSPS) is 17.4. The molecule has 3 nitrogen and oxygen atoms in total. The van der Waals surface area contributed by atoms with E-state index in [0.717, 1.165) is 17.3 Å². The Morgan fingerprint density at radius 2 is 2.46 bits per heavy atom. The molecule has 0 atom stereocenters. The summed E-state index contributed by atoms with van der Waals surface area (Å²) in [5, 5.41) is 3.51. The second-order valence-corrected chi connectivity index (χ2v) is 4.30. The minimum atomic E-state index is 0.744. The molecule has 2 rings (SSSR count). The van der Waals surface area contributed by atoms with E-state index in [2.05, 4.69) is 30.8 Å². The lowest BCUT2D eigenvalue weighted by molar-refractivity contribution is 0.335. The number of imidazole rings is 1. The van der Waals surface area contributed by atoms with Crippen LogP contribution < -0.4 is 5.32 Å². The maximum atomic E-state index is 4.18. The Balaban J connectivity index is 1.89. The molecule has 1 saturated carbocycles. The van der Waals surface area contributed by atoms with Crippen molar-refractivity contribution in [1.82, 2.24) is 14.9 Å². The fourth-order valence-corrected chi connectivity index (χ4v) is 1.78. The summed E-state index contributed by atoms with van der Waals surface area (Å²) in [6.07, 6.45) is 5.96. The average molecular weight is 244 g/mol. The first kappa shape index (κ1) is 9.21.